The molecule has 108 valence electrons. The summed E-state index contributed by atoms with van der Waals surface area (Å²) in [6, 6.07) is 12.3. The van der Waals surface area contributed by atoms with Crippen LogP contribution in [-0.2, 0) is 11.2 Å². The molecule has 1 aromatic heterocycles. The molecule has 2 heterocycles. The molecule has 0 saturated carbocycles. The van der Waals surface area contributed by atoms with Gasteiger partial charge in [-0.25, -0.2) is 0 Å². The molecule has 0 unspecified atom stereocenters. The summed E-state index contributed by atoms with van der Waals surface area (Å²) in [5.74, 6) is 0.180. The van der Waals surface area contributed by atoms with E-state index in [4.69, 9.17) is 0 Å². The number of carbonyl (C=O) groups excluding carboxylic acids is 1. The number of rotatable bonds is 3. The van der Waals surface area contributed by atoms with Crippen LogP contribution in [0.25, 0.3) is 11.1 Å². The Bertz CT molecular complexity index is 610. The van der Waals surface area contributed by atoms with Crippen LogP contribution in [0.4, 0.5) is 0 Å². The molecule has 0 aliphatic carbocycles. The molecule has 0 radical (unpaired) electrons. The van der Waals surface area contributed by atoms with Crippen molar-refractivity contribution in [1.29, 1.82) is 0 Å². The zero-order valence-corrected chi connectivity index (χ0v) is 12.1. The number of amides is 1. The van der Waals surface area contributed by atoms with Crippen LogP contribution >= 0.6 is 0 Å². The number of aromatic nitrogens is 1. The van der Waals surface area contributed by atoms with Crippen molar-refractivity contribution in [2.24, 2.45) is 0 Å². The average molecular weight is 281 g/mol. The predicted octanol–water partition coefficient (Wildman–Crippen LogP) is 1.72. The third kappa shape index (κ3) is 3.11. The molecule has 0 spiro atoms. The molecule has 1 atom stereocenters. The van der Waals surface area contributed by atoms with Crippen LogP contribution in [0, 0.1) is 0 Å². The molecule has 4 heteroatoms. The van der Waals surface area contributed by atoms with E-state index in [1.807, 2.05) is 19.2 Å². The number of likely N-dealkylation sites (N-methyl/N-ethyl adjacent to an activating group) is 1. The van der Waals surface area contributed by atoms with Crippen molar-refractivity contribution >= 4 is 5.91 Å². The van der Waals surface area contributed by atoms with E-state index in [9.17, 15) is 4.79 Å². The van der Waals surface area contributed by atoms with Crippen LogP contribution in [0.3, 0.4) is 0 Å². The molecule has 1 aliphatic rings. The largest absolute Gasteiger partial charge is 0.343 e. The quantitative estimate of drug-likeness (QED) is 0.932. The Morgan fingerprint density at radius 3 is 2.52 bits per heavy atom. The Labute approximate surface area is 124 Å². The van der Waals surface area contributed by atoms with E-state index in [1.54, 1.807) is 17.3 Å². The minimum atomic E-state index is -0.101. The van der Waals surface area contributed by atoms with Gasteiger partial charge in [0.1, 0.15) is 0 Å². The summed E-state index contributed by atoms with van der Waals surface area (Å²) >= 11 is 0. The number of benzene rings is 1. The molecule has 1 aromatic carbocycles. The molecule has 4 nitrogen and oxygen atoms in total. The van der Waals surface area contributed by atoms with Gasteiger partial charge in [0, 0.05) is 32.5 Å². The second-order valence-corrected chi connectivity index (χ2v) is 5.40. The van der Waals surface area contributed by atoms with Gasteiger partial charge < -0.3 is 10.2 Å². The van der Waals surface area contributed by atoms with Crippen LogP contribution in [0.1, 0.15) is 5.56 Å². The molecular weight excluding hydrogens is 262 g/mol. The third-order valence-electron chi connectivity index (χ3n) is 3.92. The maximum absolute atomic E-state index is 12.1. The molecular formula is C17H19N3O. The Morgan fingerprint density at radius 2 is 1.81 bits per heavy atom. The fourth-order valence-corrected chi connectivity index (χ4v) is 2.64. The lowest BCUT2D eigenvalue weighted by Crippen LogP contribution is -2.54. The fourth-order valence-electron chi connectivity index (χ4n) is 2.64. The first kappa shape index (κ1) is 13.8. The van der Waals surface area contributed by atoms with Crippen LogP contribution < -0.4 is 5.32 Å². The monoisotopic (exact) mass is 281 g/mol. The van der Waals surface area contributed by atoms with Crippen molar-refractivity contribution in [3.8, 4) is 11.1 Å². The zero-order chi connectivity index (χ0) is 14.7. The van der Waals surface area contributed by atoms with Crippen molar-refractivity contribution in [1.82, 2.24) is 15.2 Å². The zero-order valence-electron chi connectivity index (χ0n) is 12.1. The smallest absolute Gasteiger partial charge is 0.239 e. The normalized spacial score (nSPS) is 18.8. The van der Waals surface area contributed by atoms with Crippen molar-refractivity contribution < 1.29 is 4.79 Å². The summed E-state index contributed by atoms with van der Waals surface area (Å²) in [5.41, 5.74) is 3.50. The van der Waals surface area contributed by atoms with Crippen LogP contribution in [0.5, 0.6) is 0 Å². The third-order valence-corrected chi connectivity index (χ3v) is 3.92. The van der Waals surface area contributed by atoms with Crippen molar-refractivity contribution in [2.45, 2.75) is 12.5 Å². The molecule has 1 amide bonds. The Kier molecular flexibility index (Phi) is 3.97. The topological polar surface area (TPSA) is 45.2 Å². The highest BCUT2D eigenvalue weighted by molar-refractivity contribution is 5.82. The van der Waals surface area contributed by atoms with Gasteiger partial charge in [0.05, 0.1) is 6.04 Å². The first-order valence-electron chi connectivity index (χ1n) is 7.22. The standard InChI is InChI=1S/C17H19N3O/c1-20-11-10-19-16(17(20)21)12-13-2-4-14(5-3-13)15-6-8-18-9-7-15/h2-9,16,19H,10-12H2,1H3/t16-/m1/s1. The van der Waals surface area contributed by atoms with E-state index in [1.165, 1.54) is 11.1 Å². The van der Waals surface area contributed by atoms with Crippen LogP contribution in [-0.4, -0.2) is 42.0 Å². The van der Waals surface area contributed by atoms with Gasteiger partial charge in [0.15, 0.2) is 0 Å². The van der Waals surface area contributed by atoms with Crippen molar-refractivity contribution in [2.75, 3.05) is 20.1 Å². The molecule has 0 bridgehead atoms. The average Bonchev–Trinajstić information content (AvgIpc) is 2.53. The van der Waals surface area contributed by atoms with E-state index in [0.717, 1.165) is 25.1 Å². The second kappa shape index (κ2) is 6.06. The van der Waals surface area contributed by atoms with Crippen LogP contribution in [0.15, 0.2) is 48.8 Å². The van der Waals surface area contributed by atoms with E-state index >= 15 is 0 Å². The Hall–Kier alpha value is -2.20. The van der Waals surface area contributed by atoms with Gasteiger partial charge in [-0.3, -0.25) is 9.78 Å². The number of piperazine rings is 1. The van der Waals surface area contributed by atoms with Gasteiger partial charge in [-0.15, -0.1) is 0 Å². The SMILES string of the molecule is CN1CCN[C@H](Cc2ccc(-c3ccncc3)cc2)C1=O. The highest BCUT2D eigenvalue weighted by Crippen LogP contribution is 2.19. The predicted molar refractivity (Wildman–Crippen MR) is 82.8 cm³/mol. The number of carbonyl (C=O) groups is 1. The summed E-state index contributed by atoms with van der Waals surface area (Å²) in [4.78, 5) is 17.9. The van der Waals surface area contributed by atoms with Crippen molar-refractivity contribution in [3.05, 3.63) is 54.4 Å². The van der Waals surface area contributed by atoms with E-state index < -0.39 is 0 Å². The van der Waals surface area contributed by atoms with Crippen molar-refractivity contribution in [3.63, 3.8) is 0 Å². The number of pyridine rings is 1. The number of nitrogens with zero attached hydrogens (tertiary/aromatic N) is 2. The maximum atomic E-state index is 12.1. The molecule has 3 rings (SSSR count). The first-order chi connectivity index (χ1) is 10.2. The highest BCUT2D eigenvalue weighted by atomic mass is 16.2. The molecule has 2 aromatic rings. The van der Waals surface area contributed by atoms with E-state index in [-0.39, 0.29) is 11.9 Å². The van der Waals surface area contributed by atoms with Gasteiger partial charge in [-0.1, -0.05) is 24.3 Å². The second-order valence-electron chi connectivity index (χ2n) is 5.40. The Morgan fingerprint density at radius 1 is 1.14 bits per heavy atom. The van der Waals surface area contributed by atoms with Gasteiger partial charge in [0.25, 0.3) is 0 Å². The van der Waals surface area contributed by atoms with Crippen LogP contribution in [0.2, 0.25) is 0 Å². The summed E-state index contributed by atoms with van der Waals surface area (Å²) in [5, 5.41) is 3.29. The summed E-state index contributed by atoms with van der Waals surface area (Å²) in [7, 11) is 1.86. The van der Waals surface area contributed by atoms with E-state index in [2.05, 4.69) is 34.6 Å². The molecule has 21 heavy (non-hydrogen) atoms. The lowest BCUT2D eigenvalue weighted by molar-refractivity contribution is -0.134. The number of hydrogen-bond donors (Lipinski definition) is 1. The molecule has 1 saturated heterocycles. The summed E-state index contributed by atoms with van der Waals surface area (Å²) < 4.78 is 0. The fraction of sp³-hybridized carbons (Fsp3) is 0.294. The molecule has 1 fully saturated rings. The highest BCUT2D eigenvalue weighted by Gasteiger charge is 2.25. The van der Waals surface area contributed by atoms with Gasteiger partial charge in [-0.2, -0.15) is 0 Å². The number of hydrogen-bond acceptors (Lipinski definition) is 3. The van der Waals surface area contributed by atoms with Gasteiger partial charge >= 0.3 is 0 Å². The maximum Gasteiger partial charge on any atom is 0.239 e. The minimum Gasteiger partial charge on any atom is -0.343 e. The van der Waals surface area contributed by atoms with E-state index in [0.29, 0.717) is 0 Å². The summed E-state index contributed by atoms with van der Waals surface area (Å²) in [6.07, 6.45) is 4.33. The molecule has 1 aliphatic heterocycles. The Balaban J connectivity index is 1.71. The lowest BCUT2D eigenvalue weighted by atomic mass is 10.00. The van der Waals surface area contributed by atoms with Gasteiger partial charge in [0.2, 0.25) is 5.91 Å². The first-order valence-corrected chi connectivity index (χ1v) is 7.22. The minimum absolute atomic E-state index is 0.101. The van der Waals surface area contributed by atoms with Gasteiger partial charge in [-0.05, 0) is 35.2 Å². The number of nitrogens with one attached hydrogen (secondary N) is 1. The summed E-state index contributed by atoms with van der Waals surface area (Å²) in [6.45, 7) is 1.65. The lowest BCUT2D eigenvalue weighted by Gasteiger charge is -2.30. The molecule has 1 N–H and O–H groups in total.